The fourth-order valence-electron chi connectivity index (χ4n) is 3.95. The van der Waals surface area contributed by atoms with Crippen LogP contribution in [-0.4, -0.2) is 57.0 Å². The second-order valence-electron chi connectivity index (χ2n) is 8.46. The molecule has 1 unspecified atom stereocenters. The van der Waals surface area contributed by atoms with Crippen LogP contribution in [0.1, 0.15) is 22.7 Å². The van der Waals surface area contributed by atoms with Crippen LogP contribution in [0.3, 0.4) is 0 Å². The molecule has 0 saturated carbocycles. The van der Waals surface area contributed by atoms with Crippen LogP contribution in [0.25, 0.3) is 6.08 Å². The van der Waals surface area contributed by atoms with Crippen molar-refractivity contribution in [2.24, 2.45) is 0 Å². The summed E-state index contributed by atoms with van der Waals surface area (Å²) < 4.78 is 57.9. The second-order valence-corrected chi connectivity index (χ2v) is 10.4. The molecule has 0 aromatic heterocycles. The first-order valence-corrected chi connectivity index (χ1v) is 13.8. The maximum absolute atomic E-state index is 13.1. The summed E-state index contributed by atoms with van der Waals surface area (Å²) in [7, 11) is 5.04. The Labute approximate surface area is 234 Å². The number of carbonyl (C=O) groups is 1. The third-order valence-corrected chi connectivity index (χ3v) is 7.30. The van der Waals surface area contributed by atoms with Crippen LogP contribution < -0.4 is 29.0 Å². The molecule has 10 nitrogen and oxygen atoms in total. The highest BCUT2D eigenvalue weighted by molar-refractivity contribution is 7.93. The van der Waals surface area contributed by atoms with Gasteiger partial charge >= 0.3 is 5.97 Å². The fraction of sp³-hybridized carbons (Fsp3) is 0.276. The van der Waals surface area contributed by atoms with Gasteiger partial charge in [0.05, 0.1) is 59.7 Å². The highest BCUT2D eigenvalue weighted by atomic mass is 32.2. The van der Waals surface area contributed by atoms with E-state index in [1.807, 2.05) is 0 Å². The lowest BCUT2D eigenvalue weighted by Crippen LogP contribution is -2.22. The van der Waals surface area contributed by atoms with Gasteiger partial charge in [0.25, 0.3) is 0 Å². The number of hydrogen-bond acceptors (Lipinski definition) is 10. The van der Waals surface area contributed by atoms with Gasteiger partial charge in [-0.2, -0.15) is 0 Å². The lowest BCUT2D eigenvalue weighted by molar-refractivity contribution is -0.141. The number of benzene rings is 3. The first-order valence-electron chi connectivity index (χ1n) is 12.0. The van der Waals surface area contributed by atoms with Gasteiger partial charge in [0.2, 0.25) is 0 Å². The van der Waals surface area contributed by atoms with Gasteiger partial charge in [-0.3, -0.25) is 0 Å². The molecule has 0 bridgehead atoms. The molecule has 1 N–H and O–H groups in total. The van der Waals surface area contributed by atoms with Crippen molar-refractivity contribution in [2.75, 3.05) is 48.0 Å². The summed E-state index contributed by atoms with van der Waals surface area (Å²) in [4.78, 5) is 12.7. The van der Waals surface area contributed by atoms with Crippen molar-refractivity contribution in [2.45, 2.75) is 11.8 Å². The molecular weight excluding hydrogens is 538 g/mol. The molecule has 0 amide bonds. The third kappa shape index (κ3) is 7.38. The SMILES string of the molecule is COC(=O)C(Nc1cc(CS(=O)(=O)/C=C/c2c(OC)cc(OC)cc2OC)ccc1OC)c1ccc(OC)cc1. The van der Waals surface area contributed by atoms with Crippen molar-refractivity contribution in [3.63, 3.8) is 0 Å². The monoisotopic (exact) mass is 571 g/mol. The summed E-state index contributed by atoms with van der Waals surface area (Å²) in [6.45, 7) is 0. The van der Waals surface area contributed by atoms with Crippen LogP contribution in [0.4, 0.5) is 5.69 Å². The van der Waals surface area contributed by atoms with Crippen molar-refractivity contribution in [1.29, 1.82) is 0 Å². The molecule has 3 aromatic rings. The minimum Gasteiger partial charge on any atom is -0.497 e. The predicted molar refractivity (Wildman–Crippen MR) is 152 cm³/mol. The quantitative estimate of drug-likeness (QED) is 0.291. The Morgan fingerprint density at radius 1 is 0.775 bits per heavy atom. The maximum Gasteiger partial charge on any atom is 0.332 e. The Bertz CT molecular complexity index is 1430. The maximum atomic E-state index is 13.1. The minimum atomic E-state index is -3.74. The van der Waals surface area contributed by atoms with E-state index in [9.17, 15) is 13.2 Å². The molecule has 0 spiro atoms. The van der Waals surface area contributed by atoms with Gasteiger partial charge < -0.3 is 33.7 Å². The number of sulfone groups is 1. The highest BCUT2D eigenvalue weighted by Gasteiger charge is 2.23. The zero-order valence-corrected chi connectivity index (χ0v) is 24.0. The van der Waals surface area contributed by atoms with Crippen LogP contribution in [0.5, 0.6) is 28.7 Å². The number of nitrogens with one attached hydrogen (secondary N) is 1. The van der Waals surface area contributed by atoms with E-state index < -0.39 is 21.8 Å². The van der Waals surface area contributed by atoms with Crippen LogP contribution in [0.15, 0.2) is 60.0 Å². The largest absolute Gasteiger partial charge is 0.497 e. The molecule has 0 aliphatic rings. The number of hydrogen-bond donors (Lipinski definition) is 1. The molecule has 0 heterocycles. The molecule has 11 heteroatoms. The summed E-state index contributed by atoms with van der Waals surface area (Å²) in [6, 6.07) is 14.2. The van der Waals surface area contributed by atoms with E-state index in [0.29, 0.717) is 51.1 Å². The molecule has 3 rings (SSSR count). The van der Waals surface area contributed by atoms with Gasteiger partial charge in [0, 0.05) is 17.5 Å². The van der Waals surface area contributed by atoms with E-state index in [1.54, 1.807) is 61.7 Å². The molecule has 0 aliphatic heterocycles. The van der Waals surface area contributed by atoms with Crippen molar-refractivity contribution in [3.05, 3.63) is 76.7 Å². The molecule has 0 aliphatic carbocycles. The average Bonchev–Trinajstić information content (AvgIpc) is 2.97. The first kappa shape index (κ1) is 30.2. The van der Waals surface area contributed by atoms with E-state index in [-0.39, 0.29) is 5.75 Å². The third-order valence-electron chi connectivity index (χ3n) is 6.01. The van der Waals surface area contributed by atoms with Crippen molar-refractivity contribution in [3.8, 4) is 28.7 Å². The summed E-state index contributed by atoms with van der Waals surface area (Å²) in [5.74, 6) is 1.51. The zero-order chi connectivity index (χ0) is 29.3. The Morgan fingerprint density at radius 2 is 1.38 bits per heavy atom. The summed E-state index contributed by atoms with van der Waals surface area (Å²) >= 11 is 0. The Kier molecular flexibility index (Phi) is 10.3. The van der Waals surface area contributed by atoms with Crippen LogP contribution in [0, 0.1) is 0 Å². The number of anilines is 1. The predicted octanol–water partition coefficient (Wildman–Crippen LogP) is 4.64. The molecule has 0 radical (unpaired) electrons. The number of rotatable bonds is 13. The Hall–Kier alpha value is -4.38. The minimum absolute atomic E-state index is 0.311. The smallest absolute Gasteiger partial charge is 0.332 e. The molecule has 0 saturated heterocycles. The number of esters is 1. The van der Waals surface area contributed by atoms with Crippen molar-refractivity contribution >= 4 is 27.6 Å². The fourth-order valence-corrected chi connectivity index (χ4v) is 5.04. The van der Waals surface area contributed by atoms with Gasteiger partial charge in [-0.25, -0.2) is 13.2 Å². The summed E-state index contributed by atoms with van der Waals surface area (Å²) in [5.41, 5.74) is 1.97. The second kappa shape index (κ2) is 13.6. The van der Waals surface area contributed by atoms with Crippen LogP contribution >= 0.6 is 0 Å². The molecular formula is C29H33NO9S. The molecule has 0 fully saturated rings. The standard InChI is InChI=1S/C29H33NO9S/c1-34-21-10-8-20(9-11-21)28(29(31)39-6)30-24-15-19(7-12-25(24)36-3)18-40(32,33)14-13-23-26(37-4)16-22(35-2)17-27(23)38-5/h7-17,28,30H,18H2,1-6H3/b14-13+. The molecule has 1 atom stereocenters. The Balaban J connectivity index is 1.91. The number of methoxy groups -OCH3 is 6. The van der Waals surface area contributed by atoms with Crippen LogP contribution in [0.2, 0.25) is 0 Å². The van der Waals surface area contributed by atoms with E-state index in [2.05, 4.69) is 5.32 Å². The molecule has 214 valence electrons. The lowest BCUT2D eigenvalue weighted by Gasteiger charge is -2.20. The summed E-state index contributed by atoms with van der Waals surface area (Å²) in [5, 5.41) is 4.23. The summed E-state index contributed by atoms with van der Waals surface area (Å²) in [6.07, 6.45) is 1.42. The van der Waals surface area contributed by atoms with Gasteiger partial charge in [0.1, 0.15) is 28.7 Å². The van der Waals surface area contributed by atoms with Crippen molar-refractivity contribution in [1.82, 2.24) is 0 Å². The van der Waals surface area contributed by atoms with E-state index in [4.69, 9.17) is 28.4 Å². The van der Waals surface area contributed by atoms with Gasteiger partial charge in [-0.05, 0) is 41.5 Å². The van der Waals surface area contributed by atoms with E-state index >= 15 is 0 Å². The van der Waals surface area contributed by atoms with E-state index in [0.717, 1.165) is 5.41 Å². The van der Waals surface area contributed by atoms with E-state index in [1.165, 1.54) is 41.6 Å². The first-order chi connectivity index (χ1) is 19.2. The highest BCUT2D eigenvalue weighted by Crippen LogP contribution is 2.36. The normalized spacial score (nSPS) is 11.9. The molecule has 3 aromatic carbocycles. The van der Waals surface area contributed by atoms with Gasteiger partial charge in [0.15, 0.2) is 15.9 Å². The number of carbonyl (C=O) groups excluding carboxylic acids is 1. The topological polar surface area (TPSA) is 119 Å². The lowest BCUT2D eigenvalue weighted by atomic mass is 10.1. The van der Waals surface area contributed by atoms with Gasteiger partial charge in [-0.15, -0.1) is 0 Å². The molecule has 40 heavy (non-hydrogen) atoms. The zero-order valence-electron chi connectivity index (χ0n) is 23.2. The van der Waals surface area contributed by atoms with Gasteiger partial charge in [-0.1, -0.05) is 18.2 Å². The Morgan fingerprint density at radius 3 is 1.90 bits per heavy atom. The number of ether oxygens (including phenoxy) is 6. The van der Waals surface area contributed by atoms with Crippen LogP contribution in [-0.2, 0) is 25.1 Å². The van der Waals surface area contributed by atoms with Crippen molar-refractivity contribution < 1.29 is 41.6 Å². The average molecular weight is 572 g/mol.